The molecule has 0 saturated carbocycles. The molecule has 2 fully saturated rings. The van der Waals surface area contributed by atoms with Gasteiger partial charge in [0.05, 0.1) is 30.2 Å². The number of hydrogen-bond donors (Lipinski definition) is 0. The van der Waals surface area contributed by atoms with E-state index in [4.69, 9.17) is 9.26 Å². The van der Waals surface area contributed by atoms with Crippen LogP contribution in [0.5, 0.6) is 0 Å². The predicted octanol–water partition coefficient (Wildman–Crippen LogP) is 4.37. The van der Waals surface area contributed by atoms with Crippen molar-refractivity contribution < 1.29 is 14.1 Å². The summed E-state index contributed by atoms with van der Waals surface area (Å²) in [6, 6.07) is 14.0. The lowest BCUT2D eigenvalue weighted by Crippen LogP contribution is -2.43. The second-order valence-electron chi connectivity index (χ2n) is 8.89. The Hall–Kier alpha value is -2.68. The third kappa shape index (κ3) is 5.35. The van der Waals surface area contributed by atoms with Gasteiger partial charge in [-0.2, -0.15) is 0 Å². The molecular formula is C26H32N4O3S. The molecule has 2 aliphatic heterocycles. The van der Waals surface area contributed by atoms with Gasteiger partial charge >= 0.3 is 0 Å². The summed E-state index contributed by atoms with van der Waals surface area (Å²) in [5.74, 6) is 0.877. The largest absolute Gasteiger partial charge is 0.379 e. The highest BCUT2D eigenvalue weighted by Gasteiger charge is 2.28. The molecule has 0 N–H and O–H groups in total. The molecule has 3 aromatic rings. The fourth-order valence-corrected chi connectivity index (χ4v) is 5.39. The van der Waals surface area contributed by atoms with Gasteiger partial charge in [0.1, 0.15) is 5.69 Å². The van der Waals surface area contributed by atoms with Gasteiger partial charge in [0.2, 0.25) is 5.88 Å². The van der Waals surface area contributed by atoms with Crippen LogP contribution in [0, 0.1) is 0 Å². The first kappa shape index (κ1) is 23.1. The number of carbonyl (C=O) groups excluding carboxylic acids is 1. The monoisotopic (exact) mass is 480 g/mol. The van der Waals surface area contributed by atoms with Crippen LogP contribution in [0.4, 0.5) is 5.88 Å². The maximum atomic E-state index is 13.6. The maximum absolute atomic E-state index is 13.6. The number of aromatic nitrogens is 1. The zero-order chi connectivity index (χ0) is 23.2. The minimum absolute atomic E-state index is 0.0630. The molecule has 180 valence electrons. The SMILES string of the molecule is O=C(c1cccs1)N(CCN1CCOCC1)Cc1c(-c2ccccc2)noc1N1CCCCC1. The minimum Gasteiger partial charge on any atom is -0.379 e. The molecule has 2 aromatic heterocycles. The van der Waals surface area contributed by atoms with Crippen molar-refractivity contribution in [1.82, 2.24) is 15.0 Å². The molecule has 5 rings (SSSR count). The third-order valence-corrected chi connectivity index (χ3v) is 7.47. The van der Waals surface area contributed by atoms with E-state index in [-0.39, 0.29) is 5.91 Å². The number of benzene rings is 1. The van der Waals surface area contributed by atoms with Crippen LogP contribution in [0.25, 0.3) is 11.3 Å². The molecule has 0 unspecified atom stereocenters. The fourth-order valence-electron chi connectivity index (χ4n) is 4.70. The van der Waals surface area contributed by atoms with Crippen LogP contribution in [0.2, 0.25) is 0 Å². The minimum atomic E-state index is 0.0630. The molecule has 0 spiro atoms. The van der Waals surface area contributed by atoms with E-state index in [1.54, 1.807) is 0 Å². The number of amides is 1. The average molecular weight is 481 g/mol. The summed E-state index contributed by atoms with van der Waals surface area (Å²) >= 11 is 1.49. The van der Waals surface area contributed by atoms with E-state index in [9.17, 15) is 4.79 Å². The molecule has 1 aromatic carbocycles. The predicted molar refractivity (Wildman–Crippen MR) is 134 cm³/mol. The van der Waals surface area contributed by atoms with Crippen molar-refractivity contribution in [2.75, 3.05) is 57.4 Å². The second kappa shape index (κ2) is 11.2. The number of ether oxygens (including phenoxy) is 1. The molecule has 0 aliphatic carbocycles. The Bertz CT molecular complexity index is 1040. The Balaban J connectivity index is 1.45. The Kier molecular flexibility index (Phi) is 7.58. The van der Waals surface area contributed by atoms with E-state index in [0.29, 0.717) is 13.1 Å². The Morgan fingerprint density at radius 2 is 1.79 bits per heavy atom. The number of anilines is 1. The van der Waals surface area contributed by atoms with Gasteiger partial charge in [0.25, 0.3) is 5.91 Å². The summed E-state index contributed by atoms with van der Waals surface area (Å²) in [4.78, 5) is 21.0. The topological polar surface area (TPSA) is 62.1 Å². The zero-order valence-corrected chi connectivity index (χ0v) is 20.3. The van der Waals surface area contributed by atoms with Crippen molar-refractivity contribution in [3.63, 3.8) is 0 Å². The van der Waals surface area contributed by atoms with Gasteiger partial charge in [-0.25, -0.2) is 0 Å². The highest BCUT2D eigenvalue weighted by atomic mass is 32.1. The summed E-state index contributed by atoms with van der Waals surface area (Å²) in [5.41, 5.74) is 2.85. The van der Waals surface area contributed by atoms with Gasteiger partial charge in [-0.3, -0.25) is 9.69 Å². The highest BCUT2D eigenvalue weighted by molar-refractivity contribution is 7.12. The zero-order valence-electron chi connectivity index (χ0n) is 19.5. The Labute approximate surface area is 204 Å². The number of carbonyl (C=O) groups is 1. The number of morpholine rings is 1. The standard InChI is InChI=1S/C26H32N4O3S/c31-25(23-10-7-19-34-23)30(14-13-28-15-17-32-18-16-28)20-22-24(21-8-3-1-4-9-21)27-33-26(22)29-11-5-2-6-12-29/h1,3-4,7-10,19H,2,5-6,11-18,20H2. The van der Waals surface area contributed by atoms with Crippen LogP contribution < -0.4 is 4.90 Å². The Morgan fingerprint density at radius 3 is 2.53 bits per heavy atom. The van der Waals surface area contributed by atoms with Crippen molar-refractivity contribution >= 4 is 23.1 Å². The van der Waals surface area contributed by atoms with Gasteiger partial charge in [-0.1, -0.05) is 41.6 Å². The Morgan fingerprint density at radius 1 is 1.00 bits per heavy atom. The number of piperidine rings is 1. The molecule has 2 saturated heterocycles. The van der Waals surface area contributed by atoms with Crippen LogP contribution in [0.15, 0.2) is 52.4 Å². The van der Waals surface area contributed by atoms with E-state index in [2.05, 4.69) is 27.1 Å². The van der Waals surface area contributed by atoms with E-state index < -0.39 is 0 Å². The second-order valence-corrected chi connectivity index (χ2v) is 9.83. The molecule has 0 bridgehead atoms. The summed E-state index contributed by atoms with van der Waals surface area (Å²) < 4.78 is 11.5. The van der Waals surface area contributed by atoms with Crippen LogP contribution in [-0.2, 0) is 11.3 Å². The molecule has 2 aliphatic rings. The van der Waals surface area contributed by atoms with Crippen molar-refractivity contribution in [3.8, 4) is 11.3 Å². The summed E-state index contributed by atoms with van der Waals surface area (Å²) in [5, 5.41) is 6.47. The van der Waals surface area contributed by atoms with Crippen molar-refractivity contribution in [1.29, 1.82) is 0 Å². The average Bonchev–Trinajstić information content (AvgIpc) is 3.58. The lowest BCUT2D eigenvalue weighted by molar-refractivity contribution is 0.0321. The number of rotatable bonds is 8. The summed E-state index contributed by atoms with van der Waals surface area (Å²) in [6.07, 6.45) is 3.54. The van der Waals surface area contributed by atoms with Crippen LogP contribution in [0.3, 0.4) is 0 Å². The van der Waals surface area contributed by atoms with Gasteiger partial charge in [-0.05, 0) is 30.7 Å². The van der Waals surface area contributed by atoms with Crippen molar-refractivity contribution in [2.24, 2.45) is 0 Å². The quantitative estimate of drug-likeness (QED) is 0.477. The first-order chi connectivity index (χ1) is 16.8. The number of thiophene rings is 1. The van der Waals surface area contributed by atoms with Gasteiger partial charge in [0, 0.05) is 44.8 Å². The number of nitrogens with zero attached hydrogens (tertiary/aromatic N) is 4. The van der Waals surface area contributed by atoms with Crippen molar-refractivity contribution in [3.05, 3.63) is 58.3 Å². The molecule has 4 heterocycles. The fraction of sp³-hybridized carbons (Fsp3) is 0.462. The van der Waals surface area contributed by atoms with E-state index in [1.165, 1.54) is 17.8 Å². The highest BCUT2D eigenvalue weighted by Crippen LogP contribution is 2.34. The van der Waals surface area contributed by atoms with Gasteiger partial charge < -0.3 is 19.1 Å². The summed E-state index contributed by atoms with van der Waals surface area (Å²) in [7, 11) is 0. The van der Waals surface area contributed by atoms with Gasteiger partial charge in [-0.15, -0.1) is 11.3 Å². The smallest absolute Gasteiger partial charge is 0.264 e. The summed E-state index contributed by atoms with van der Waals surface area (Å²) in [6.45, 7) is 7.18. The molecule has 7 nitrogen and oxygen atoms in total. The first-order valence-corrected chi connectivity index (χ1v) is 13.1. The first-order valence-electron chi connectivity index (χ1n) is 12.2. The van der Waals surface area contributed by atoms with Crippen LogP contribution >= 0.6 is 11.3 Å². The third-order valence-electron chi connectivity index (χ3n) is 6.62. The normalized spacial score (nSPS) is 17.1. The lowest BCUT2D eigenvalue weighted by atomic mass is 10.1. The van der Waals surface area contributed by atoms with Crippen LogP contribution in [0.1, 0.15) is 34.5 Å². The van der Waals surface area contributed by atoms with Crippen molar-refractivity contribution in [2.45, 2.75) is 25.8 Å². The van der Waals surface area contributed by atoms with E-state index in [0.717, 1.165) is 86.4 Å². The van der Waals surface area contributed by atoms with Gasteiger partial charge in [0.15, 0.2) is 0 Å². The molecular weight excluding hydrogens is 448 g/mol. The molecule has 8 heteroatoms. The molecule has 0 radical (unpaired) electrons. The number of hydrogen-bond acceptors (Lipinski definition) is 7. The molecule has 1 amide bonds. The van der Waals surface area contributed by atoms with E-state index >= 15 is 0 Å². The molecule has 0 atom stereocenters. The lowest BCUT2D eigenvalue weighted by Gasteiger charge is -2.31. The molecule has 34 heavy (non-hydrogen) atoms. The van der Waals surface area contributed by atoms with Crippen LogP contribution in [-0.4, -0.2) is 73.3 Å². The maximum Gasteiger partial charge on any atom is 0.264 e. The van der Waals surface area contributed by atoms with E-state index in [1.807, 2.05) is 40.6 Å².